The lowest BCUT2D eigenvalue weighted by Gasteiger charge is -2.61. The zero-order valence-corrected chi connectivity index (χ0v) is 27.6. The molecule has 3 aromatic rings. The van der Waals surface area contributed by atoms with Crippen molar-refractivity contribution in [2.24, 2.45) is 34.5 Å². The number of fused-ring (bicyclic) bond motifs is 3. The quantitative estimate of drug-likeness (QED) is 0.309. The summed E-state index contributed by atoms with van der Waals surface area (Å²) < 4.78 is 0. The fraction of sp³-hybridized carbons (Fsp3) is 0.425. The number of rotatable bonds is 7. The summed E-state index contributed by atoms with van der Waals surface area (Å²) in [7, 11) is 0. The normalized spacial score (nSPS) is 30.1. The van der Waals surface area contributed by atoms with Gasteiger partial charge in [0.05, 0.1) is 11.5 Å². The van der Waals surface area contributed by atoms with Crippen LogP contribution in [0, 0.1) is 34.5 Å². The van der Waals surface area contributed by atoms with Crippen molar-refractivity contribution >= 4 is 28.9 Å². The van der Waals surface area contributed by atoms with Gasteiger partial charge in [0.1, 0.15) is 17.5 Å². The SMILES string of the molecule is CC(=O)C1C(=O)C(C(C)C)[C@@]2(C)C[C@@]3(C)Cc4c(-c5ccc(CCCc6ccccc6)cc5)ccc(O)c4C(=O)C3C(=O)[C@@]2(O)C1=O. The third kappa shape index (κ3) is 4.85. The number of ketones is 5. The van der Waals surface area contributed by atoms with Gasteiger partial charge in [-0.3, -0.25) is 24.0 Å². The summed E-state index contributed by atoms with van der Waals surface area (Å²) in [5.74, 6) is -8.90. The van der Waals surface area contributed by atoms with E-state index in [4.69, 9.17) is 0 Å². The first-order valence-corrected chi connectivity index (χ1v) is 16.5. The van der Waals surface area contributed by atoms with Gasteiger partial charge in [-0.05, 0) is 84.2 Å². The summed E-state index contributed by atoms with van der Waals surface area (Å²) in [5.41, 5.74) is -0.603. The number of carbonyl (C=O) groups excluding carboxylic acids is 5. The molecule has 0 radical (unpaired) electrons. The minimum absolute atomic E-state index is 0.0142. The molecule has 7 nitrogen and oxygen atoms in total. The van der Waals surface area contributed by atoms with Crippen LogP contribution in [0.5, 0.6) is 5.75 Å². The third-order valence-corrected chi connectivity index (χ3v) is 11.3. The topological polar surface area (TPSA) is 126 Å². The van der Waals surface area contributed by atoms with E-state index in [-0.39, 0.29) is 30.1 Å². The summed E-state index contributed by atoms with van der Waals surface area (Å²) in [4.78, 5) is 69.0. The van der Waals surface area contributed by atoms with E-state index < -0.39 is 63.1 Å². The van der Waals surface area contributed by atoms with Gasteiger partial charge in [0.15, 0.2) is 28.7 Å². The Morgan fingerprint density at radius 2 is 1.49 bits per heavy atom. The first-order chi connectivity index (χ1) is 22.2. The zero-order chi connectivity index (χ0) is 34.1. The maximum Gasteiger partial charge on any atom is 0.190 e. The zero-order valence-electron chi connectivity index (χ0n) is 27.6. The molecule has 3 aromatic carbocycles. The summed E-state index contributed by atoms with van der Waals surface area (Å²) in [5, 5.41) is 23.2. The second kappa shape index (κ2) is 11.5. The average Bonchev–Trinajstić information content (AvgIpc) is 3.00. The van der Waals surface area contributed by atoms with Crippen molar-refractivity contribution in [2.45, 2.75) is 72.3 Å². The smallest absolute Gasteiger partial charge is 0.190 e. The molecule has 47 heavy (non-hydrogen) atoms. The van der Waals surface area contributed by atoms with Crippen LogP contribution in [0.1, 0.15) is 74.5 Å². The average molecular weight is 635 g/mol. The van der Waals surface area contributed by atoms with Gasteiger partial charge in [0.2, 0.25) is 0 Å². The molecule has 0 spiro atoms. The van der Waals surface area contributed by atoms with Gasteiger partial charge in [-0.2, -0.15) is 0 Å². The Morgan fingerprint density at radius 1 is 0.872 bits per heavy atom. The van der Waals surface area contributed by atoms with Crippen LogP contribution < -0.4 is 0 Å². The molecule has 0 heterocycles. The fourth-order valence-corrected chi connectivity index (χ4v) is 9.40. The van der Waals surface area contributed by atoms with Crippen molar-refractivity contribution < 1.29 is 34.2 Å². The van der Waals surface area contributed by atoms with E-state index in [2.05, 4.69) is 24.3 Å². The van der Waals surface area contributed by atoms with Gasteiger partial charge in [-0.25, -0.2) is 0 Å². The molecule has 2 fully saturated rings. The number of Topliss-reactive ketones (excluding diaryl/α,β-unsaturated/α-hetero) is 5. The number of carbonyl (C=O) groups is 5. The minimum Gasteiger partial charge on any atom is -0.507 e. The molecule has 2 saturated carbocycles. The highest BCUT2D eigenvalue weighted by molar-refractivity contribution is 6.32. The van der Waals surface area contributed by atoms with Crippen LogP contribution in [0.15, 0.2) is 66.7 Å². The monoisotopic (exact) mass is 634 g/mol. The van der Waals surface area contributed by atoms with E-state index in [9.17, 15) is 34.2 Å². The maximum atomic E-state index is 14.5. The lowest BCUT2D eigenvalue weighted by molar-refractivity contribution is -0.205. The molecule has 6 rings (SSSR count). The van der Waals surface area contributed by atoms with Gasteiger partial charge in [-0.15, -0.1) is 0 Å². The molecule has 2 N–H and O–H groups in total. The Hall–Kier alpha value is -4.23. The fourth-order valence-electron chi connectivity index (χ4n) is 9.40. The molecule has 0 bridgehead atoms. The van der Waals surface area contributed by atoms with Crippen LogP contribution in [0.2, 0.25) is 0 Å². The Balaban J connectivity index is 1.38. The lowest BCUT2D eigenvalue weighted by atomic mass is 9.40. The van der Waals surface area contributed by atoms with Crippen LogP contribution in [-0.4, -0.2) is 44.7 Å². The Kier molecular flexibility index (Phi) is 7.99. The van der Waals surface area contributed by atoms with Gasteiger partial charge in [-0.1, -0.05) is 88.4 Å². The highest BCUT2D eigenvalue weighted by Gasteiger charge is 2.76. The van der Waals surface area contributed by atoms with E-state index in [0.717, 1.165) is 37.3 Å². The predicted octanol–water partition coefficient (Wildman–Crippen LogP) is 5.94. The van der Waals surface area contributed by atoms with Crippen LogP contribution in [0.4, 0.5) is 0 Å². The van der Waals surface area contributed by atoms with Gasteiger partial charge in [0.25, 0.3) is 0 Å². The van der Waals surface area contributed by atoms with Crippen molar-refractivity contribution in [3.63, 3.8) is 0 Å². The number of aromatic hydroxyl groups is 1. The Bertz CT molecular complexity index is 1810. The highest BCUT2D eigenvalue weighted by Crippen LogP contribution is 2.64. The lowest BCUT2D eigenvalue weighted by Crippen LogP contribution is -2.76. The molecule has 3 aliphatic rings. The summed E-state index contributed by atoms with van der Waals surface area (Å²) >= 11 is 0. The van der Waals surface area contributed by atoms with Crippen LogP contribution >= 0.6 is 0 Å². The molecule has 244 valence electrons. The molecular formula is C40H42O7. The number of phenolic OH excluding ortho intramolecular Hbond substituents is 1. The summed E-state index contributed by atoms with van der Waals surface area (Å²) in [6.45, 7) is 8.06. The second-order valence-electron chi connectivity index (χ2n) is 14.9. The minimum atomic E-state index is -2.70. The molecule has 0 aromatic heterocycles. The first kappa shape index (κ1) is 32.7. The molecule has 3 unspecified atom stereocenters. The number of benzene rings is 3. The third-order valence-electron chi connectivity index (χ3n) is 11.3. The maximum absolute atomic E-state index is 14.5. The standard InChI is InChI=1S/C40H42O7/c1-22(2)32-34(43)30(23(3)41)36(45)40(47)37(46)33-35(44)31-28(20-38(33,4)21-39(32,40)5)27(18-19-29(31)42)26-16-14-25(15-17-26)13-9-12-24-10-7-6-8-11-24/h6-8,10-11,14-19,22,30,32-33,42,47H,9,12-13,20-21H2,1-5H3/t30?,32?,33?,38-,39-,40+/m1/s1. The van der Waals surface area contributed by atoms with E-state index in [1.54, 1.807) is 33.8 Å². The number of phenols is 1. The van der Waals surface area contributed by atoms with E-state index in [1.165, 1.54) is 17.2 Å². The molecule has 3 aliphatic carbocycles. The van der Waals surface area contributed by atoms with Crippen molar-refractivity contribution in [2.75, 3.05) is 0 Å². The predicted molar refractivity (Wildman–Crippen MR) is 177 cm³/mol. The molecule has 0 aliphatic heterocycles. The Labute approximate surface area is 275 Å². The Morgan fingerprint density at radius 3 is 2.09 bits per heavy atom. The number of aryl methyl sites for hydroxylation is 2. The van der Waals surface area contributed by atoms with Gasteiger partial charge < -0.3 is 10.2 Å². The van der Waals surface area contributed by atoms with E-state index in [1.807, 2.05) is 30.3 Å². The summed E-state index contributed by atoms with van der Waals surface area (Å²) in [6.07, 6.45) is 3.12. The first-order valence-electron chi connectivity index (χ1n) is 16.5. The largest absolute Gasteiger partial charge is 0.507 e. The van der Waals surface area contributed by atoms with Gasteiger partial charge in [0, 0.05) is 11.3 Å². The molecule has 6 atom stereocenters. The van der Waals surface area contributed by atoms with Crippen molar-refractivity contribution in [3.8, 4) is 16.9 Å². The van der Waals surface area contributed by atoms with Crippen LogP contribution in [0.25, 0.3) is 11.1 Å². The van der Waals surface area contributed by atoms with Gasteiger partial charge >= 0.3 is 0 Å². The van der Waals surface area contributed by atoms with Crippen molar-refractivity contribution in [1.82, 2.24) is 0 Å². The van der Waals surface area contributed by atoms with Crippen molar-refractivity contribution in [3.05, 3.63) is 89.0 Å². The number of aliphatic hydroxyl groups is 1. The summed E-state index contributed by atoms with van der Waals surface area (Å²) in [6, 6.07) is 21.7. The molecular weight excluding hydrogens is 592 g/mol. The van der Waals surface area contributed by atoms with Crippen molar-refractivity contribution in [1.29, 1.82) is 0 Å². The second-order valence-corrected chi connectivity index (χ2v) is 14.9. The molecule has 7 heteroatoms. The number of hydrogen-bond donors (Lipinski definition) is 2. The van der Waals surface area contributed by atoms with Crippen LogP contribution in [0.3, 0.4) is 0 Å². The van der Waals surface area contributed by atoms with E-state index in [0.29, 0.717) is 5.56 Å². The van der Waals surface area contributed by atoms with Crippen LogP contribution in [-0.2, 0) is 38.4 Å². The molecule has 0 saturated heterocycles. The number of hydrogen-bond acceptors (Lipinski definition) is 7. The molecule has 0 amide bonds. The highest BCUT2D eigenvalue weighted by atomic mass is 16.3. The van der Waals surface area contributed by atoms with E-state index >= 15 is 0 Å².